The van der Waals surface area contributed by atoms with Crippen molar-refractivity contribution in [3.05, 3.63) is 23.4 Å². The highest BCUT2D eigenvalue weighted by molar-refractivity contribution is 5.43. The van der Waals surface area contributed by atoms with E-state index in [9.17, 15) is 0 Å². The predicted molar refractivity (Wildman–Crippen MR) is 61.9 cm³/mol. The first kappa shape index (κ1) is 13.4. The van der Waals surface area contributed by atoms with Gasteiger partial charge in [-0.3, -0.25) is 0 Å². The van der Waals surface area contributed by atoms with Gasteiger partial charge in [-0.2, -0.15) is 5.26 Å². The van der Waals surface area contributed by atoms with E-state index >= 15 is 0 Å². The zero-order valence-electron chi connectivity index (χ0n) is 10.1. The largest absolute Gasteiger partial charge is 0.474 e. The highest BCUT2D eigenvalue weighted by Crippen LogP contribution is 2.17. The maximum Gasteiger partial charge on any atom is 0.231 e. The second kappa shape index (κ2) is 7.60. The molecule has 0 saturated carbocycles. The van der Waals surface area contributed by atoms with Crippen molar-refractivity contribution in [3.63, 3.8) is 0 Å². The molecule has 1 aromatic rings. The van der Waals surface area contributed by atoms with Gasteiger partial charge in [-0.05, 0) is 18.6 Å². The van der Waals surface area contributed by atoms with Crippen molar-refractivity contribution in [2.45, 2.75) is 6.92 Å². The first-order chi connectivity index (χ1) is 8.29. The molecule has 0 fully saturated rings. The van der Waals surface area contributed by atoms with E-state index in [1.807, 2.05) is 6.92 Å². The monoisotopic (exact) mass is 236 g/mol. The molecular formula is C12H16N2O3. The summed E-state index contributed by atoms with van der Waals surface area (Å²) >= 11 is 0. The lowest BCUT2D eigenvalue weighted by Crippen LogP contribution is -2.11. The van der Waals surface area contributed by atoms with E-state index in [2.05, 4.69) is 11.1 Å². The lowest BCUT2D eigenvalue weighted by atomic mass is 10.2. The van der Waals surface area contributed by atoms with Crippen LogP contribution in [0.2, 0.25) is 0 Å². The number of aryl methyl sites for hydroxylation is 1. The normalized spacial score (nSPS) is 9.94. The van der Waals surface area contributed by atoms with Gasteiger partial charge in [0.05, 0.1) is 19.8 Å². The Morgan fingerprint density at radius 2 is 2.06 bits per heavy atom. The van der Waals surface area contributed by atoms with E-state index in [1.165, 1.54) is 0 Å². The quantitative estimate of drug-likeness (QED) is 0.668. The SMILES string of the molecule is COCCOCCOc1nccc(C)c1C#N. The van der Waals surface area contributed by atoms with Gasteiger partial charge < -0.3 is 14.2 Å². The van der Waals surface area contributed by atoms with Crippen molar-refractivity contribution in [3.8, 4) is 11.9 Å². The maximum absolute atomic E-state index is 8.95. The number of hydrogen-bond donors (Lipinski definition) is 0. The summed E-state index contributed by atoms with van der Waals surface area (Å²) in [5.41, 5.74) is 1.34. The molecule has 0 amide bonds. The Bertz CT molecular complexity index is 388. The maximum atomic E-state index is 8.95. The molecule has 0 N–H and O–H groups in total. The van der Waals surface area contributed by atoms with Gasteiger partial charge in [-0.1, -0.05) is 0 Å². The molecule has 5 nitrogen and oxygen atoms in total. The Morgan fingerprint density at radius 1 is 1.29 bits per heavy atom. The summed E-state index contributed by atoms with van der Waals surface area (Å²) in [7, 11) is 1.62. The number of methoxy groups -OCH3 is 1. The second-order valence-electron chi connectivity index (χ2n) is 3.37. The van der Waals surface area contributed by atoms with Crippen LogP contribution in [0.1, 0.15) is 11.1 Å². The smallest absolute Gasteiger partial charge is 0.231 e. The van der Waals surface area contributed by atoms with Crippen molar-refractivity contribution >= 4 is 0 Å². The average Bonchev–Trinajstić information content (AvgIpc) is 2.34. The van der Waals surface area contributed by atoms with E-state index in [-0.39, 0.29) is 0 Å². The Balaban J connectivity index is 2.37. The van der Waals surface area contributed by atoms with Crippen LogP contribution in [-0.2, 0) is 9.47 Å². The Labute approximate surface area is 101 Å². The first-order valence-electron chi connectivity index (χ1n) is 5.34. The summed E-state index contributed by atoms with van der Waals surface area (Å²) in [5, 5.41) is 8.95. The van der Waals surface area contributed by atoms with Gasteiger partial charge in [0.1, 0.15) is 18.2 Å². The molecule has 0 radical (unpaired) electrons. The van der Waals surface area contributed by atoms with Crippen molar-refractivity contribution in [2.75, 3.05) is 33.5 Å². The standard InChI is InChI=1S/C12H16N2O3/c1-10-3-4-14-12(11(10)9-13)17-8-7-16-6-5-15-2/h3-4H,5-8H2,1-2H3. The third kappa shape index (κ3) is 4.39. The molecule has 0 aromatic carbocycles. The van der Waals surface area contributed by atoms with Crippen molar-refractivity contribution in [1.29, 1.82) is 5.26 Å². The molecule has 1 heterocycles. The summed E-state index contributed by atoms with van der Waals surface area (Å²) in [6, 6.07) is 3.86. The molecule has 0 unspecified atom stereocenters. The highest BCUT2D eigenvalue weighted by atomic mass is 16.5. The van der Waals surface area contributed by atoms with Gasteiger partial charge in [-0.25, -0.2) is 4.98 Å². The third-order valence-corrected chi connectivity index (χ3v) is 2.13. The van der Waals surface area contributed by atoms with Gasteiger partial charge in [0.15, 0.2) is 0 Å². The number of nitriles is 1. The number of ether oxygens (including phenoxy) is 3. The number of hydrogen-bond acceptors (Lipinski definition) is 5. The van der Waals surface area contributed by atoms with Gasteiger partial charge in [0, 0.05) is 13.3 Å². The van der Waals surface area contributed by atoms with Gasteiger partial charge in [0.25, 0.3) is 0 Å². The molecule has 0 aliphatic rings. The Kier molecular flexibility index (Phi) is 6.00. The van der Waals surface area contributed by atoms with Gasteiger partial charge in [0.2, 0.25) is 5.88 Å². The van der Waals surface area contributed by atoms with Crippen LogP contribution in [0.15, 0.2) is 12.3 Å². The van der Waals surface area contributed by atoms with E-state index in [0.29, 0.717) is 37.9 Å². The highest BCUT2D eigenvalue weighted by Gasteiger charge is 2.07. The molecule has 1 rings (SSSR count). The van der Waals surface area contributed by atoms with Crippen LogP contribution in [0.5, 0.6) is 5.88 Å². The summed E-state index contributed by atoms with van der Waals surface area (Å²) in [5.74, 6) is 0.364. The molecule has 0 aliphatic heterocycles. The number of pyridine rings is 1. The molecule has 0 aliphatic carbocycles. The second-order valence-corrected chi connectivity index (χ2v) is 3.37. The lowest BCUT2D eigenvalue weighted by molar-refractivity contribution is 0.0536. The van der Waals surface area contributed by atoms with Crippen LogP contribution in [0, 0.1) is 18.3 Å². The number of aromatic nitrogens is 1. The zero-order valence-corrected chi connectivity index (χ0v) is 10.1. The average molecular weight is 236 g/mol. The molecule has 0 bridgehead atoms. The predicted octanol–water partition coefficient (Wildman–Crippen LogP) is 1.30. The lowest BCUT2D eigenvalue weighted by Gasteiger charge is -2.08. The Morgan fingerprint density at radius 3 is 2.76 bits per heavy atom. The zero-order chi connectivity index (χ0) is 12.5. The van der Waals surface area contributed by atoms with Crippen LogP contribution < -0.4 is 4.74 Å². The van der Waals surface area contributed by atoms with E-state index in [1.54, 1.807) is 19.4 Å². The fourth-order valence-electron chi connectivity index (χ4n) is 1.22. The number of nitrogens with zero attached hydrogens (tertiary/aromatic N) is 2. The van der Waals surface area contributed by atoms with Crippen LogP contribution in [0.3, 0.4) is 0 Å². The molecule has 1 aromatic heterocycles. The fraction of sp³-hybridized carbons (Fsp3) is 0.500. The Hall–Kier alpha value is -1.64. The number of rotatable bonds is 7. The molecule has 5 heteroatoms. The van der Waals surface area contributed by atoms with Crippen molar-refractivity contribution in [1.82, 2.24) is 4.98 Å². The van der Waals surface area contributed by atoms with Crippen LogP contribution >= 0.6 is 0 Å². The van der Waals surface area contributed by atoms with Crippen LogP contribution in [0.25, 0.3) is 0 Å². The van der Waals surface area contributed by atoms with Crippen molar-refractivity contribution < 1.29 is 14.2 Å². The van der Waals surface area contributed by atoms with E-state index in [0.717, 1.165) is 5.56 Å². The van der Waals surface area contributed by atoms with Gasteiger partial charge >= 0.3 is 0 Å². The summed E-state index contributed by atoms with van der Waals surface area (Å²) < 4.78 is 15.5. The minimum Gasteiger partial charge on any atom is -0.474 e. The van der Waals surface area contributed by atoms with E-state index in [4.69, 9.17) is 19.5 Å². The molecule has 0 atom stereocenters. The summed E-state index contributed by atoms with van der Waals surface area (Å²) in [4.78, 5) is 4.02. The molecule has 0 spiro atoms. The minimum absolute atomic E-state index is 0.364. The minimum atomic E-state index is 0.364. The molecule has 17 heavy (non-hydrogen) atoms. The van der Waals surface area contributed by atoms with Gasteiger partial charge in [-0.15, -0.1) is 0 Å². The van der Waals surface area contributed by atoms with E-state index < -0.39 is 0 Å². The van der Waals surface area contributed by atoms with Crippen LogP contribution in [0.4, 0.5) is 0 Å². The topological polar surface area (TPSA) is 64.4 Å². The molecule has 0 saturated heterocycles. The summed E-state index contributed by atoms with van der Waals surface area (Å²) in [6.45, 7) is 3.76. The van der Waals surface area contributed by atoms with Crippen molar-refractivity contribution in [2.24, 2.45) is 0 Å². The fourth-order valence-corrected chi connectivity index (χ4v) is 1.22. The first-order valence-corrected chi connectivity index (χ1v) is 5.34. The summed E-state index contributed by atoms with van der Waals surface area (Å²) in [6.07, 6.45) is 1.62. The van der Waals surface area contributed by atoms with Crippen LogP contribution in [-0.4, -0.2) is 38.5 Å². The molecule has 92 valence electrons. The third-order valence-electron chi connectivity index (χ3n) is 2.13. The molecular weight excluding hydrogens is 220 g/mol.